The molecule has 0 radical (unpaired) electrons. The molecule has 2 nitrogen and oxygen atoms in total. The molecular weight excluding hydrogens is 215 g/mol. The molecule has 1 aliphatic heterocycles. The second-order valence-corrected chi connectivity index (χ2v) is 5.62. The minimum Gasteiger partial charge on any atom is -0.364 e. The third kappa shape index (κ3) is 1.56. The molecule has 0 atom stereocenters. The van der Waals surface area contributed by atoms with E-state index in [4.69, 9.17) is 5.73 Å². The Morgan fingerprint density at radius 2 is 2.24 bits per heavy atom. The van der Waals surface area contributed by atoms with Crippen LogP contribution in [-0.2, 0) is 6.42 Å². The average Bonchev–Trinajstić information content (AvgIpc) is 2.67. The van der Waals surface area contributed by atoms with E-state index >= 15 is 0 Å². The summed E-state index contributed by atoms with van der Waals surface area (Å²) < 4.78 is 13.4. The standard InChI is InChI=1S/C14H19FN2/c1-10-7-14(8-10,9-16)17-5-4-11-2-3-12(15)6-13(11)17/h2-3,6,10H,4-5,7-9,16H2,1H3. The van der Waals surface area contributed by atoms with Gasteiger partial charge in [0, 0.05) is 18.8 Å². The minimum absolute atomic E-state index is 0.0957. The summed E-state index contributed by atoms with van der Waals surface area (Å²) in [4.78, 5) is 2.35. The normalized spacial score (nSPS) is 31.2. The smallest absolute Gasteiger partial charge is 0.125 e. The van der Waals surface area contributed by atoms with Crippen LogP contribution in [0.1, 0.15) is 25.3 Å². The molecule has 1 heterocycles. The molecule has 3 rings (SSSR count). The molecule has 1 aromatic carbocycles. The molecule has 3 heteroatoms. The summed E-state index contributed by atoms with van der Waals surface area (Å²) in [5.74, 6) is 0.603. The number of rotatable bonds is 2. The Morgan fingerprint density at radius 1 is 1.47 bits per heavy atom. The number of nitrogens with two attached hydrogens (primary N) is 1. The van der Waals surface area contributed by atoms with Crippen LogP contribution in [0.3, 0.4) is 0 Å². The van der Waals surface area contributed by atoms with Gasteiger partial charge in [0.25, 0.3) is 0 Å². The molecule has 1 aromatic rings. The second kappa shape index (κ2) is 3.70. The molecule has 1 saturated carbocycles. The first-order chi connectivity index (χ1) is 8.14. The highest BCUT2D eigenvalue weighted by atomic mass is 19.1. The van der Waals surface area contributed by atoms with E-state index in [2.05, 4.69) is 11.8 Å². The molecular formula is C14H19FN2. The van der Waals surface area contributed by atoms with E-state index in [1.807, 2.05) is 6.07 Å². The van der Waals surface area contributed by atoms with Crippen LogP contribution in [0, 0.1) is 11.7 Å². The molecule has 92 valence electrons. The Balaban J connectivity index is 1.95. The van der Waals surface area contributed by atoms with Crippen molar-refractivity contribution in [2.75, 3.05) is 18.0 Å². The lowest BCUT2D eigenvalue weighted by atomic mass is 9.68. The summed E-state index contributed by atoms with van der Waals surface area (Å²) in [7, 11) is 0. The lowest BCUT2D eigenvalue weighted by Gasteiger charge is -2.53. The first kappa shape index (κ1) is 11.0. The number of anilines is 1. The maximum atomic E-state index is 13.4. The summed E-state index contributed by atoms with van der Waals surface area (Å²) >= 11 is 0. The van der Waals surface area contributed by atoms with Crippen molar-refractivity contribution in [3.8, 4) is 0 Å². The molecule has 1 fully saturated rings. The zero-order chi connectivity index (χ0) is 12.0. The van der Waals surface area contributed by atoms with Gasteiger partial charge in [-0.05, 0) is 42.9 Å². The molecule has 0 amide bonds. The van der Waals surface area contributed by atoms with Gasteiger partial charge >= 0.3 is 0 Å². The summed E-state index contributed by atoms with van der Waals surface area (Å²) in [5, 5.41) is 0. The predicted octanol–water partition coefficient (Wildman–Crippen LogP) is 2.32. The monoisotopic (exact) mass is 234 g/mol. The van der Waals surface area contributed by atoms with Gasteiger partial charge < -0.3 is 10.6 Å². The van der Waals surface area contributed by atoms with Gasteiger partial charge in [-0.1, -0.05) is 13.0 Å². The number of hydrogen-bond donors (Lipinski definition) is 1. The van der Waals surface area contributed by atoms with Crippen LogP contribution in [-0.4, -0.2) is 18.6 Å². The number of benzene rings is 1. The Hall–Kier alpha value is -1.09. The average molecular weight is 234 g/mol. The maximum absolute atomic E-state index is 13.4. The Kier molecular flexibility index (Phi) is 2.40. The molecule has 0 aromatic heterocycles. The van der Waals surface area contributed by atoms with Crippen molar-refractivity contribution in [1.29, 1.82) is 0 Å². The van der Waals surface area contributed by atoms with Crippen molar-refractivity contribution < 1.29 is 4.39 Å². The van der Waals surface area contributed by atoms with Gasteiger partial charge in [0.2, 0.25) is 0 Å². The van der Waals surface area contributed by atoms with Gasteiger partial charge in [0.05, 0.1) is 5.54 Å². The lowest BCUT2D eigenvalue weighted by molar-refractivity contribution is 0.159. The van der Waals surface area contributed by atoms with Gasteiger partial charge in [0.15, 0.2) is 0 Å². The van der Waals surface area contributed by atoms with E-state index in [9.17, 15) is 4.39 Å². The van der Waals surface area contributed by atoms with Crippen molar-refractivity contribution >= 4 is 5.69 Å². The van der Waals surface area contributed by atoms with Crippen molar-refractivity contribution in [3.05, 3.63) is 29.6 Å². The van der Waals surface area contributed by atoms with E-state index in [1.165, 1.54) is 5.56 Å². The molecule has 0 spiro atoms. The summed E-state index contributed by atoms with van der Waals surface area (Å²) in [5.41, 5.74) is 8.40. The van der Waals surface area contributed by atoms with E-state index < -0.39 is 0 Å². The Morgan fingerprint density at radius 3 is 2.88 bits per heavy atom. The maximum Gasteiger partial charge on any atom is 0.125 e. The second-order valence-electron chi connectivity index (χ2n) is 5.62. The van der Waals surface area contributed by atoms with E-state index in [1.54, 1.807) is 12.1 Å². The molecule has 2 aliphatic rings. The number of hydrogen-bond acceptors (Lipinski definition) is 2. The van der Waals surface area contributed by atoms with Gasteiger partial charge in [-0.3, -0.25) is 0 Å². The largest absolute Gasteiger partial charge is 0.364 e. The van der Waals surface area contributed by atoms with Gasteiger partial charge in [-0.2, -0.15) is 0 Å². The minimum atomic E-state index is -0.143. The topological polar surface area (TPSA) is 29.3 Å². The molecule has 2 N–H and O–H groups in total. The fourth-order valence-corrected chi connectivity index (χ4v) is 3.58. The molecule has 1 aliphatic carbocycles. The van der Waals surface area contributed by atoms with Crippen LogP contribution in [0.4, 0.5) is 10.1 Å². The van der Waals surface area contributed by atoms with Crippen LogP contribution < -0.4 is 10.6 Å². The number of halogens is 1. The van der Waals surface area contributed by atoms with Crippen molar-refractivity contribution in [2.24, 2.45) is 11.7 Å². The first-order valence-electron chi connectivity index (χ1n) is 6.41. The van der Waals surface area contributed by atoms with Crippen LogP contribution >= 0.6 is 0 Å². The zero-order valence-corrected chi connectivity index (χ0v) is 10.2. The van der Waals surface area contributed by atoms with E-state index in [0.29, 0.717) is 6.54 Å². The SMILES string of the molecule is CC1CC(CN)(N2CCc3ccc(F)cc32)C1. The third-order valence-corrected chi connectivity index (χ3v) is 4.35. The van der Waals surface area contributed by atoms with E-state index in [-0.39, 0.29) is 11.4 Å². The van der Waals surface area contributed by atoms with Crippen LogP contribution in [0.2, 0.25) is 0 Å². The summed E-state index contributed by atoms with van der Waals surface area (Å²) in [6.07, 6.45) is 3.30. The highest BCUT2D eigenvalue weighted by Gasteiger charge is 2.47. The van der Waals surface area contributed by atoms with Gasteiger partial charge in [0.1, 0.15) is 5.82 Å². The summed E-state index contributed by atoms with van der Waals surface area (Å²) in [6, 6.07) is 5.14. The first-order valence-corrected chi connectivity index (χ1v) is 6.41. The Labute approximate surface area is 102 Å². The van der Waals surface area contributed by atoms with Gasteiger partial charge in [-0.15, -0.1) is 0 Å². The van der Waals surface area contributed by atoms with Crippen molar-refractivity contribution in [2.45, 2.75) is 31.7 Å². The molecule has 0 bridgehead atoms. The fourth-order valence-electron chi connectivity index (χ4n) is 3.58. The lowest BCUT2D eigenvalue weighted by Crippen LogP contribution is -2.61. The fraction of sp³-hybridized carbons (Fsp3) is 0.571. The van der Waals surface area contributed by atoms with E-state index in [0.717, 1.165) is 37.4 Å². The van der Waals surface area contributed by atoms with Crippen LogP contribution in [0.15, 0.2) is 18.2 Å². The highest BCUT2D eigenvalue weighted by Crippen LogP contribution is 2.46. The number of nitrogens with zero attached hydrogens (tertiary/aromatic N) is 1. The highest BCUT2D eigenvalue weighted by molar-refractivity contribution is 5.61. The summed E-state index contributed by atoms with van der Waals surface area (Å²) in [6.45, 7) is 3.92. The quantitative estimate of drug-likeness (QED) is 0.851. The third-order valence-electron chi connectivity index (χ3n) is 4.35. The van der Waals surface area contributed by atoms with Crippen molar-refractivity contribution in [3.63, 3.8) is 0 Å². The molecule has 0 unspecified atom stereocenters. The number of fused-ring (bicyclic) bond motifs is 1. The van der Waals surface area contributed by atoms with Gasteiger partial charge in [-0.25, -0.2) is 4.39 Å². The van der Waals surface area contributed by atoms with Crippen LogP contribution in [0.5, 0.6) is 0 Å². The van der Waals surface area contributed by atoms with Crippen LogP contribution in [0.25, 0.3) is 0 Å². The zero-order valence-electron chi connectivity index (χ0n) is 10.2. The predicted molar refractivity (Wildman–Crippen MR) is 67.6 cm³/mol. The van der Waals surface area contributed by atoms with Crippen molar-refractivity contribution in [1.82, 2.24) is 0 Å². The molecule has 17 heavy (non-hydrogen) atoms. The molecule has 0 saturated heterocycles. The Bertz CT molecular complexity index is 438.